The van der Waals surface area contributed by atoms with Gasteiger partial charge in [0.2, 0.25) is 5.91 Å². The molecule has 0 radical (unpaired) electrons. The molecular formula is C22H29NO2. The van der Waals surface area contributed by atoms with E-state index in [1.54, 1.807) is 7.11 Å². The molecule has 0 bridgehead atoms. The summed E-state index contributed by atoms with van der Waals surface area (Å²) in [5.41, 5.74) is 0.738. The number of hydrogen-bond donors (Lipinski definition) is 0. The molecule has 0 N–H and O–H groups in total. The number of hydrogen-bond acceptors (Lipinski definition) is 2. The Balaban J connectivity index is 1.98. The van der Waals surface area contributed by atoms with Gasteiger partial charge in [-0.3, -0.25) is 4.79 Å². The molecule has 2 aliphatic rings. The van der Waals surface area contributed by atoms with Crippen molar-refractivity contribution in [2.75, 3.05) is 20.3 Å². The highest BCUT2D eigenvalue weighted by atomic mass is 16.5. The molecule has 134 valence electrons. The third-order valence-electron chi connectivity index (χ3n) is 5.74. The van der Waals surface area contributed by atoms with Crippen molar-refractivity contribution < 1.29 is 9.53 Å². The van der Waals surface area contributed by atoms with Crippen LogP contribution in [0.4, 0.5) is 0 Å². The molecule has 1 aromatic rings. The fourth-order valence-electron chi connectivity index (χ4n) is 4.57. The number of nitrogens with zero attached hydrogens (tertiary/aromatic N) is 1. The van der Waals surface area contributed by atoms with Gasteiger partial charge in [0.15, 0.2) is 0 Å². The highest BCUT2D eigenvalue weighted by Gasteiger charge is 2.48. The molecule has 0 saturated carbocycles. The molecule has 3 nitrogen and oxygen atoms in total. The van der Waals surface area contributed by atoms with Gasteiger partial charge in [0, 0.05) is 19.6 Å². The van der Waals surface area contributed by atoms with Crippen molar-refractivity contribution in [2.45, 2.75) is 44.1 Å². The number of rotatable bonds is 6. The number of allylic oxidation sites excluding steroid dienone is 2. The summed E-state index contributed by atoms with van der Waals surface area (Å²) < 4.78 is 5.37. The van der Waals surface area contributed by atoms with Gasteiger partial charge < -0.3 is 9.64 Å². The molecular weight excluding hydrogens is 310 g/mol. The number of ether oxygens (including phenoxy) is 1. The normalized spacial score (nSPS) is 28.9. The predicted octanol–water partition coefficient (Wildman–Crippen LogP) is 4.32. The van der Waals surface area contributed by atoms with Crippen LogP contribution < -0.4 is 0 Å². The Hall–Kier alpha value is -1.87. The number of likely N-dealkylation sites (tertiary alicyclic amines) is 1. The van der Waals surface area contributed by atoms with Gasteiger partial charge in [0.1, 0.15) is 0 Å². The Morgan fingerprint density at radius 3 is 2.88 bits per heavy atom. The van der Waals surface area contributed by atoms with Gasteiger partial charge in [0.25, 0.3) is 0 Å². The van der Waals surface area contributed by atoms with Crippen LogP contribution in [0.25, 0.3) is 0 Å². The lowest BCUT2D eigenvalue weighted by atomic mass is 9.64. The lowest BCUT2D eigenvalue weighted by Gasteiger charge is -2.43. The first kappa shape index (κ1) is 17.9. The third-order valence-corrected chi connectivity index (χ3v) is 5.74. The molecule has 1 saturated heterocycles. The van der Waals surface area contributed by atoms with Gasteiger partial charge in [0.05, 0.1) is 18.1 Å². The van der Waals surface area contributed by atoms with Crippen LogP contribution in [0.5, 0.6) is 0 Å². The molecule has 1 fully saturated rings. The predicted molar refractivity (Wildman–Crippen MR) is 101 cm³/mol. The average Bonchev–Trinajstić information content (AvgIpc) is 3.11. The zero-order valence-corrected chi connectivity index (χ0v) is 15.2. The summed E-state index contributed by atoms with van der Waals surface area (Å²) >= 11 is 0. The zero-order chi connectivity index (χ0) is 17.7. The van der Waals surface area contributed by atoms with Gasteiger partial charge in [-0.25, -0.2) is 0 Å². The van der Waals surface area contributed by atoms with Crippen molar-refractivity contribution in [3.8, 4) is 0 Å². The topological polar surface area (TPSA) is 29.5 Å². The fraction of sp³-hybridized carbons (Fsp3) is 0.500. The van der Waals surface area contributed by atoms with Crippen LogP contribution in [0.2, 0.25) is 0 Å². The molecule has 1 aliphatic heterocycles. The summed E-state index contributed by atoms with van der Waals surface area (Å²) in [7, 11) is 1.72. The van der Waals surface area contributed by atoms with Gasteiger partial charge >= 0.3 is 0 Å². The fourth-order valence-corrected chi connectivity index (χ4v) is 4.57. The van der Waals surface area contributed by atoms with Crippen molar-refractivity contribution in [1.82, 2.24) is 4.90 Å². The Bertz CT molecular complexity index is 624. The first-order valence-corrected chi connectivity index (χ1v) is 9.36. The highest BCUT2D eigenvalue weighted by Crippen LogP contribution is 2.48. The van der Waals surface area contributed by atoms with Crippen LogP contribution in [0.1, 0.15) is 43.6 Å². The largest absolute Gasteiger partial charge is 0.383 e. The summed E-state index contributed by atoms with van der Waals surface area (Å²) in [5.74, 6) is 0.449. The van der Waals surface area contributed by atoms with E-state index < -0.39 is 5.41 Å². The maximum absolute atomic E-state index is 13.8. The van der Waals surface area contributed by atoms with Crippen molar-refractivity contribution in [1.29, 1.82) is 0 Å². The monoisotopic (exact) mass is 339 g/mol. The van der Waals surface area contributed by atoms with Crippen LogP contribution in [0.15, 0.2) is 55.1 Å². The van der Waals surface area contributed by atoms with E-state index in [0.29, 0.717) is 13.0 Å². The molecule has 1 aliphatic carbocycles. The Morgan fingerprint density at radius 2 is 2.16 bits per heavy atom. The van der Waals surface area contributed by atoms with Crippen molar-refractivity contribution in [2.24, 2.45) is 5.41 Å². The zero-order valence-electron chi connectivity index (χ0n) is 15.2. The molecule has 1 heterocycles. The quantitative estimate of drug-likeness (QED) is 0.722. The second-order valence-electron chi connectivity index (χ2n) is 7.23. The summed E-state index contributed by atoms with van der Waals surface area (Å²) in [4.78, 5) is 15.8. The molecule has 1 aromatic carbocycles. The van der Waals surface area contributed by atoms with E-state index in [0.717, 1.165) is 32.2 Å². The lowest BCUT2D eigenvalue weighted by molar-refractivity contribution is -0.142. The van der Waals surface area contributed by atoms with E-state index in [-0.39, 0.29) is 17.9 Å². The van der Waals surface area contributed by atoms with Crippen LogP contribution in [0, 0.1) is 5.41 Å². The molecule has 3 heteroatoms. The second kappa shape index (κ2) is 8.01. The average molecular weight is 339 g/mol. The molecule has 3 rings (SSSR count). The summed E-state index contributed by atoms with van der Waals surface area (Å²) in [6.07, 6.45) is 11.1. The van der Waals surface area contributed by atoms with Gasteiger partial charge in [-0.05, 0) is 37.7 Å². The minimum absolute atomic E-state index is 0.200. The minimum atomic E-state index is -0.516. The smallest absolute Gasteiger partial charge is 0.233 e. The van der Waals surface area contributed by atoms with Crippen molar-refractivity contribution in [3.05, 3.63) is 60.7 Å². The van der Waals surface area contributed by atoms with Crippen LogP contribution in [0.3, 0.4) is 0 Å². The Morgan fingerprint density at radius 1 is 1.36 bits per heavy atom. The lowest BCUT2D eigenvalue weighted by Crippen LogP contribution is -2.49. The number of amides is 1. The maximum Gasteiger partial charge on any atom is 0.233 e. The van der Waals surface area contributed by atoms with E-state index in [9.17, 15) is 4.79 Å². The van der Waals surface area contributed by atoms with E-state index in [1.165, 1.54) is 5.56 Å². The molecule has 3 atom stereocenters. The number of methoxy groups -OCH3 is 1. The minimum Gasteiger partial charge on any atom is -0.383 e. The van der Waals surface area contributed by atoms with E-state index in [2.05, 4.69) is 47.9 Å². The first-order valence-electron chi connectivity index (χ1n) is 9.36. The number of carbonyl (C=O) groups excluding carboxylic acids is 1. The maximum atomic E-state index is 13.8. The molecule has 0 spiro atoms. The van der Waals surface area contributed by atoms with E-state index in [1.807, 2.05) is 12.1 Å². The van der Waals surface area contributed by atoms with Crippen molar-refractivity contribution >= 4 is 5.91 Å². The van der Waals surface area contributed by atoms with Gasteiger partial charge in [-0.2, -0.15) is 0 Å². The van der Waals surface area contributed by atoms with Crippen LogP contribution in [-0.2, 0) is 9.53 Å². The van der Waals surface area contributed by atoms with Crippen LogP contribution in [-0.4, -0.2) is 37.1 Å². The highest BCUT2D eigenvalue weighted by molar-refractivity contribution is 5.87. The van der Waals surface area contributed by atoms with Gasteiger partial charge in [-0.1, -0.05) is 48.6 Å². The van der Waals surface area contributed by atoms with Gasteiger partial charge in [-0.15, -0.1) is 6.58 Å². The Labute approximate surface area is 151 Å². The van der Waals surface area contributed by atoms with E-state index >= 15 is 0 Å². The number of carbonyl (C=O) groups is 1. The first-order chi connectivity index (χ1) is 12.2. The Kier molecular flexibility index (Phi) is 5.74. The van der Waals surface area contributed by atoms with Crippen molar-refractivity contribution in [3.63, 3.8) is 0 Å². The summed E-state index contributed by atoms with van der Waals surface area (Å²) in [6, 6.07) is 10.7. The summed E-state index contributed by atoms with van der Waals surface area (Å²) in [5, 5.41) is 0. The third kappa shape index (κ3) is 3.43. The SMILES string of the molecule is C=CC[C@]1(C(=O)N2CCC[C@H]2COC)C=CCC[C@@H]1c1ccccc1. The molecule has 25 heavy (non-hydrogen) atoms. The standard InChI is InChI=1S/C22H29NO2/c1-3-14-22(21(24)23-16-9-12-19(23)17-25-2)15-8-7-13-20(22)18-10-5-4-6-11-18/h3-6,8,10-11,15,19-20H,1,7,9,12-14,16-17H2,2H3/t19-,20+,22-/m0/s1. The van der Waals surface area contributed by atoms with E-state index in [4.69, 9.17) is 4.74 Å². The molecule has 0 unspecified atom stereocenters. The molecule has 1 amide bonds. The summed E-state index contributed by atoms with van der Waals surface area (Å²) in [6.45, 7) is 5.42. The van der Waals surface area contributed by atoms with Crippen LogP contribution >= 0.6 is 0 Å². The molecule has 0 aromatic heterocycles. The number of benzene rings is 1. The second-order valence-corrected chi connectivity index (χ2v) is 7.23.